The fourth-order valence-electron chi connectivity index (χ4n) is 1.81. The van der Waals surface area contributed by atoms with Gasteiger partial charge in [0, 0.05) is 23.9 Å². The second-order valence-corrected chi connectivity index (χ2v) is 5.79. The molecule has 0 saturated carbocycles. The predicted octanol–water partition coefficient (Wildman–Crippen LogP) is 3.67. The normalized spacial score (nSPS) is 12.6. The summed E-state index contributed by atoms with van der Waals surface area (Å²) >= 11 is 0. The van der Waals surface area contributed by atoms with Crippen molar-refractivity contribution in [3.63, 3.8) is 0 Å². The zero-order valence-corrected chi connectivity index (χ0v) is 14.6. The number of nitrogens with one attached hydrogen (secondary N) is 2. The topological polar surface area (TPSA) is 115 Å². The maximum Gasteiger partial charge on any atom is 0.425 e. The van der Waals surface area contributed by atoms with Crippen LogP contribution in [0.1, 0.15) is 20.8 Å². The highest BCUT2D eigenvalue weighted by atomic mass is 19.4. The molecular weight excluding hydrogens is 369 g/mol. The van der Waals surface area contributed by atoms with Gasteiger partial charge in [0.2, 0.25) is 11.9 Å². The molecule has 0 aliphatic carbocycles. The SMILES string of the molecule is CC(C)Nc1nc(Nc2ccc([N+](=O)[O-])cc2)nc(OC(C)C(F)(F)F)n1. The number of rotatable bonds is 7. The minimum Gasteiger partial charge on any atom is -0.451 e. The summed E-state index contributed by atoms with van der Waals surface area (Å²) in [6.45, 7) is 4.43. The molecule has 0 radical (unpaired) electrons. The summed E-state index contributed by atoms with van der Waals surface area (Å²) in [6, 6.07) is 4.75. The van der Waals surface area contributed by atoms with Gasteiger partial charge in [-0.15, -0.1) is 0 Å². The molecule has 0 aliphatic rings. The van der Waals surface area contributed by atoms with Crippen molar-refractivity contribution in [3.8, 4) is 6.01 Å². The molecule has 12 heteroatoms. The smallest absolute Gasteiger partial charge is 0.425 e. The third kappa shape index (κ3) is 5.94. The molecule has 27 heavy (non-hydrogen) atoms. The summed E-state index contributed by atoms with van der Waals surface area (Å²) in [4.78, 5) is 21.8. The van der Waals surface area contributed by atoms with Gasteiger partial charge in [0.15, 0.2) is 6.10 Å². The molecule has 1 atom stereocenters. The van der Waals surface area contributed by atoms with Crippen LogP contribution in [0.25, 0.3) is 0 Å². The summed E-state index contributed by atoms with van der Waals surface area (Å²) in [7, 11) is 0. The number of anilines is 3. The second-order valence-electron chi connectivity index (χ2n) is 5.79. The van der Waals surface area contributed by atoms with Gasteiger partial charge in [-0.2, -0.15) is 28.1 Å². The molecule has 1 aromatic heterocycles. The lowest BCUT2D eigenvalue weighted by Crippen LogP contribution is -2.32. The van der Waals surface area contributed by atoms with Crippen LogP contribution in [0.5, 0.6) is 6.01 Å². The molecule has 1 aromatic carbocycles. The summed E-state index contributed by atoms with van der Waals surface area (Å²) in [5.41, 5.74) is 0.290. The van der Waals surface area contributed by atoms with Crippen molar-refractivity contribution in [2.75, 3.05) is 10.6 Å². The first-order valence-electron chi connectivity index (χ1n) is 7.82. The van der Waals surface area contributed by atoms with E-state index in [0.29, 0.717) is 5.69 Å². The van der Waals surface area contributed by atoms with Crippen molar-refractivity contribution in [2.24, 2.45) is 0 Å². The Morgan fingerprint density at radius 3 is 2.19 bits per heavy atom. The average Bonchev–Trinajstić information content (AvgIpc) is 2.53. The summed E-state index contributed by atoms with van der Waals surface area (Å²) in [5.74, 6) is -0.0554. The number of halogens is 3. The zero-order valence-electron chi connectivity index (χ0n) is 14.6. The first kappa shape index (κ1) is 20.1. The number of hydrogen-bond acceptors (Lipinski definition) is 8. The maximum absolute atomic E-state index is 12.7. The molecule has 0 amide bonds. The number of nitro benzene ring substituents is 1. The average molecular weight is 386 g/mol. The Labute approximate surface area is 152 Å². The highest BCUT2D eigenvalue weighted by Crippen LogP contribution is 2.25. The Bertz CT molecular complexity index is 798. The van der Waals surface area contributed by atoms with Crippen LogP contribution >= 0.6 is 0 Å². The largest absolute Gasteiger partial charge is 0.451 e. The Kier molecular flexibility index (Phi) is 5.98. The van der Waals surface area contributed by atoms with Crippen LogP contribution < -0.4 is 15.4 Å². The third-order valence-electron chi connectivity index (χ3n) is 3.11. The van der Waals surface area contributed by atoms with E-state index in [0.717, 1.165) is 6.92 Å². The van der Waals surface area contributed by atoms with Crippen LogP contribution in [0.3, 0.4) is 0 Å². The van der Waals surface area contributed by atoms with Gasteiger partial charge in [-0.1, -0.05) is 0 Å². The highest BCUT2D eigenvalue weighted by molar-refractivity contribution is 5.56. The van der Waals surface area contributed by atoms with E-state index in [1.165, 1.54) is 24.3 Å². The standard InChI is InChI=1S/C15H17F3N6O3/c1-8(2)19-12-21-13(20-10-4-6-11(7-5-10)24(25)26)23-14(22-12)27-9(3)15(16,17)18/h4-9H,1-3H3,(H2,19,20,21,22,23). The molecule has 0 saturated heterocycles. The number of non-ortho nitro benzene ring substituents is 1. The maximum atomic E-state index is 12.7. The van der Waals surface area contributed by atoms with Gasteiger partial charge in [-0.25, -0.2) is 0 Å². The summed E-state index contributed by atoms with van der Waals surface area (Å²) in [6.07, 6.45) is -6.69. The van der Waals surface area contributed by atoms with Crippen molar-refractivity contribution in [1.29, 1.82) is 0 Å². The van der Waals surface area contributed by atoms with E-state index in [1.807, 2.05) is 0 Å². The van der Waals surface area contributed by atoms with Crippen molar-refractivity contribution in [2.45, 2.75) is 39.1 Å². The lowest BCUT2D eigenvalue weighted by Gasteiger charge is -2.17. The Hall–Kier alpha value is -3.18. The van der Waals surface area contributed by atoms with Crippen molar-refractivity contribution in [1.82, 2.24) is 15.0 Å². The Morgan fingerprint density at radius 1 is 1.07 bits per heavy atom. The molecule has 0 bridgehead atoms. The van der Waals surface area contributed by atoms with Crippen LogP contribution in [0.15, 0.2) is 24.3 Å². The molecule has 2 aromatic rings. The molecule has 1 heterocycles. The number of ether oxygens (including phenoxy) is 1. The van der Waals surface area contributed by atoms with E-state index in [2.05, 4.69) is 25.6 Å². The van der Waals surface area contributed by atoms with Crippen molar-refractivity contribution in [3.05, 3.63) is 34.4 Å². The van der Waals surface area contributed by atoms with E-state index in [4.69, 9.17) is 4.74 Å². The van der Waals surface area contributed by atoms with E-state index in [-0.39, 0.29) is 23.6 Å². The van der Waals surface area contributed by atoms with E-state index in [1.54, 1.807) is 13.8 Å². The van der Waals surface area contributed by atoms with Crippen molar-refractivity contribution >= 4 is 23.3 Å². The molecule has 0 spiro atoms. The monoisotopic (exact) mass is 386 g/mol. The Balaban J connectivity index is 2.28. The van der Waals surface area contributed by atoms with E-state index >= 15 is 0 Å². The molecule has 2 rings (SSSR count). The van der Waals surface area contributed by atoms with Gasteiger partial charge in [-0.3, -0.25) is 10.1 Å². The lowest BCUT2D eigenvalue weighted by molar-refractivity contribution is -0.384. The fraction of sp³-hybridized carbons (Fsp3) is 0.400. The summed E-state index contributed by atoms with van der Waals surface area (Å²) < 4.78 is 42.9. The number of hydrogen-bond donors (Lipinski definition) is 2. The summed E-state index contributed by atoms with van der Waals surface area (Å²) in [5, 5.41) is 16.3. The van der Waals surface area contributed by atoms with Crippen LogP contribution in [0.4, 0.5) is 36.4 Å². The zero-order chi connectivity index (χ0) is 20.2. The van der Waals surface area contributed by atoms with Crippen LogP contribution in [0.2, 0.25) is 0 Å². The molecule has 2 N–H and O–H groups in total. The van der Waals surface area contributed by atoms with Crippen LogP contribution in [0, 0.1) is 10.1 Å². The van der Waals surface area contributed by atoms with Gasteiger partial charge in [0.1, 0.15) is 0 Å². The lowest BCUT2D eigenvalue weighted by atomic mass is 10.3. The van der Waals surface area contributed by atoms with Gasteiger partial charge in [-0.05, 0) is 32.9 Å². The number of aromatic nitrogens is 3. The van der Waals surface area contributed by atoms with E-state index < -0.39 is 23.2 Å². The van der Waals surface area contributed by atoms with Gasteiger partial charge in [0.05, 0.1) is 4.92 Å². The molecule has 146 valence electrons. The fourth-order valence-corrected chi connectivity index (χ4v) is 1.81. The minimum absolute atomic E-state index is 0.0220. The van der Waals surface area contributed by atoms with Gasteiger partial charge < -0.3 is 15.4 Å². The second kappa shape index (κ2) is 8.01. The van der Waals surface area contributed by atoms with Gasteiger partial charge in [0.25, 0.3) is 5.69 Å². The van der Waals surface area contributed by atoms with Crippen molar-refractivity contribution < 1.29 is 22.8 Å². The molecule has 9 nitrogen and oxygen atoms in total. The molecule has 0 aliphatic heterocycles. The molecule has 1 unspecified atom stereocenters. The van der Waals surface area contributed by atoms with E-state index in [9.17, 15) is 23.3 Å². The number of benzene rings is 1. The number of nitro groups is 1. The third-order valence-corrected chi connectivity index (χ3v) is 3.11. The van der Waals surface area contributed by atoms with Gasteiger partial charge >= 0.3 is 12.2 Å². The number of nitrogens with zero attached hydrogens (tertiary/aromatic N) is 4. The number of alkyl halides is 3. The highest BCUT2D eigenvalue weighted by Gasteiger charge is 2.38. The first-order valence-corrected chi connectivity index (χ1v) is 7.82. The predicted molar refractivity (Wildman–Crippen MR) is 91.1 cm³/mol. The quantitative estimate of drug-likeness (QED) is 0.547. The first-order chi connectivity index (χ1) is 12.5. The minimum atomic E-state index is -4.58. The Morgan fingerprint density at radius 2 is 1.67 bits per heavy atom. The molecule has 0 fully saturated rings. The van der Waals surface area contributed by atoms with Crippen LogP contribution in [-0.4, -0.2) is 38.2 Å². The molecular formula is C15H17F3N6O3. The van der Waals surface area contributed by atoms with Crippen LogP contribution in [-0.2, 0) is 0 Å².